The molecule has 2 rings (SSSR count). The van der Waals surface area contributed by atoms with Gasteiger partial charge in [-0.05, 0) is 30.6 Å². The van der Waals surface area contributed by atoms with Crippen LogP contribution < -0.4 is 5.32 Å². The minimum atomic E-state index is -0.769. The predicted octanol–water partition coefficient (Wildman–Crippen LogP) is 2.71. The van der Waals surface area contributed by atoms with Gasteiger partial charge in [0.05, 0.1) is 5.41 Å². The second-order valence-corrected chi connectivity index (χ2v) is 7.75. The standard InChI is InChI=1S/C16H28N2O3/c1-15(2,3)12-6-9-18(10-12)14(21)17-11-16(13(19)20)7-4-5-8-16/h12H,4-11H2,1-3H3,(H,17,21)(H,19,20). The summed E-state index contributed by atoms with van der Waals surface area (Å²) in [5, 5.41) is 12.3. The van der Waals surface area contributed by atoms with E-state index in [0.717, 1.165) is 32.4 Å². The van der Waals surface area contributed by atoms with Gasteiger partial charge in [-0.2, -0.15) is 0 Å². The number of nitrogens with zero attached hydrogens (tertiary/aromatic N) is 1. The number of amides is 2. The normalized spacial score (nSPS) is 25.1. The molecule has 1 aliphatic heterocycles. The largest absolute Gasteiger partial charge is 0.481 e. The van der Waals surface area contributed by atoms with Crippen molar-refractivity contribution in [1.29, 1.82) is 0 Å². The van der Waals surface area contributed by atoms with Crippen molar-refractivity contribution in [3.05, 3.63) is 0 Å². The Kier molecular flexibility index (Phi) is 4.49. The fourth-order valence-corrected chi connectivity index (χ4v) is 3.53. The summed E-state index contributed by atoms with van der Waals surface area (Å²) in [6, 6.07) is -0.103. The summed E-state index contributed by atoms with van der Waals surface area (Å²) in [5.74, 6) is -0.252. The smallest absolute Gasteiger partial charge is 0.317 e. The van der Waals surface area contributed by atoms with E-state index < -0.39 is 11.4 Å². The molecule has 0 radical (unpaired) electrons. The van der Waals surface area contributed by atoms with E-state index in [1.54, 1.807) is 0 Å². The van der Waals surface area contributed by atoms with Crippen LogP contribution in [-0.4, -0.2) is 41.6 Å². The first kappa shape index (κ1) is 16.1. The molecule has 120 valence electrons. The van der Waals surface area contributed by atoms with Gasteiger partial charge in [0.2, 0.25) is 0 Å². The Hall–Kier alpha value is -1.26. The van der Waals surface area contributed by atoms with Crippen LogP contribution in [-0.2, 0) is 4.79 Å². The molecular weight excluding hydrogens is 268 g/mol. The number of carboxylic acids is 1. The van der Waals surface area contributed by atoms with Gasteiger partial charge >= 0.3 is 12.0 Å². The van der Waals surface area contributed by atoms with E-state index in [2.05, 4.69) is 26.1 Å². The number of carbonyl (C=O) groups excluding carboxylic acids is 1. The fourth-order valence-electron chi connectivity index (χ4n) is 3.53. The summed E-state index contributed by atoms with van der Waals surface area (Å²) in [6.45, 7) is 8.42. The fraction of sp³-hybridized carbons (Fsp3) is 0.875. The van der Waals surface area contributed by atoms with Crippen LogP contribution in [0.4, 0.5) is 4.79 Å². The Morgan fingerprint density at radius 3 is 2.38 bits per heavy atom. The number of aliphatic carboxylic acids is 1. The van der Waals surface area contributed by atoms with Crippen LogP contribution in [0.2, 0.25) is 0 Å². The van der Waals surface area contributed by atoms with Crippen LogP contribution in [0.5, 0.6) is 0 Å². The molecule has 0 bridgehead atoms. The lowest BCUT2D eigenvalue weighted by molar-refractivity contribution is -0.148. The molecule has 2 N–H and O–H groups in total. The van der Waals surface area contributed by atoms with Crippen LogP contribution in [0.25, 0.3) is 0 Å². The van der Waals surface area contributed by atoms with Gasteiger partial charge < -0.3 is 15.3 Å². The summed E-state index contributed by atoms with van der Waals surface area (Å²) in [7, 11) is 0. The van der Waals surface area contributed by atoms with Crippen molar-refractivity contribution in [2.75, 3.05) is 19.6 Å². The summed E-state index contributed by atoms with van der Waals surface area (Å²) >= 11 is 0. The highest BCUT2D eigenvalue weighted by Gasteiger charge is 2.42. The molecule has 0 aromatic heterocycles. The van der Waals surface area contributed by atoms with Gasteiger partial charge in [0.1, 0.15) is 0 Å². The highest BCUT2D eigenvalue weighted by atomic mass is 16.4. The molecule has 5 nitrogen and oxygen atoms in total. The van der Waals surface area contributed by atoms with Crippen molar-refractivity contribution in [3.8, 4) is 0 Å². The van der Waals surface area contributed by atoms with Gasteiger partial charge in [0.15, 0.2) is 0 Å². The first-order chi connectivity index (χ1) is 9.74. The third-order valence-corrected chi connectivity index (χ3v) is 5.29. The maximum absolute atomic E-state index is 12.3. The quantitative estimate of drug-likeness (QED) is 0.841. The molecule has 2 amide bonds. The average molecular weight is 296 g/mol. The zero-order valence-electron chi connectivity index (χ0n) is 13.4. The van der Waals surface area contributed by atoms with Crippen molar-refractivity contribution in [2.24, 2.45) is 16.7 Å². The molecule has 1 atom stereocenters. The number of carboxylic acid groups (broad SMARTS) is 1. The number of hydrogen-bond donors (Lipinski definition) is 2. The van der Waals surface area contributed by atoms with E-state index >= 15 is 0 Å². The van der Waals surface area contributed by atoms with Crippen LogP contribution in [0, 0.1) is 16.7 Å². The number of likely N-dealkylation sites (tertiary alicyclic amines) is 1. The molecule has 2 aliphatic rings. The van der Waals surface area contributed by atoms with E-state index in [1.165, 1.54) is 0 Å². The zero-order valence-corrected chi connectivity index (χ0v) is 13.4. The molecule has 0 spiro atoms. The molecule has 1 heterocycles. The highest BCUT2D eigenvalue weighted by Crippen LogP contribution is 2.38. The van der Waals surface area contributed by atoms with Crippen molar-refractivity contribution in [3.63, 3.8) is 0 Å². The molecule has 1 saturated carbocycles. The predicted molar refractivity (Wildman–Crippen MR) is 81.1 cm³/mol. The number of rotatable bonds is 3. The summed E-state index contributed by atoms with van der Waals surface area (Å²) in [4.78, 5) is 25.6. The first-order valence-electron chi connectivity index (χ1n) is 8.01. The van der Waals surface area contributed by atoms with Crippen molar-refractivity contribution in [1.82, 2.24) is 10.2 Å². The van der Waals surface area contributed by atoms with Crippen LogP contribution in [0.15, 0.2) is 0 Å². The Balaban J connectivity index is 1.87. The molecule has 1 unspecified atom stereocenters. The maximum atomic E-state index is 12.3. The van der Waals surface area contributed by atoms with Gasteiger partial charge in [0.25, 0.3) is 0 Å². The molecule has 0 aromatic carbocycles. The summed E-state index contributed by atoms with van der Waals surface area (Å²) in [6.07, 6.45) is 4.26. The van der Waals surface area contributed by atoms with E-state index in [-0.39, 0.29) is 18.0 Å². The lowest BCUT2D eigenvalue weighted by Gasteiger charge is -2.28. The monoisotopic (exact) mass is 296 g/mol. The minimum absolute atomic E-state index is 0.103. The van der Waals surface area contributed by atoms with Gasteiger partial charge in [-0.3, -0.25) is 4.79 Å². The molecular formula is C16H28N2O3. The topological polar surface area (TPSA) is 69.6 Å². The van der Waals surface area contributed by atoms with Gasteiger partial charge in [-0.15, -0.1) is 0 Å². The third-order valence-electron chi connectivity index (χ3n) is 5.29. The molecule has 0 aromatic rings. The van der Waals surface area contributed by atoms with Gasteiger partial charge in [-0.1, -0.05) is 33.6 Å². The minimum Gasteiger partial charge on any atom is -0.481 e. The third kappa shape index (κ3) is 3.50. The van der Waals surface area contributed by atoms with E-state index in [4.69, 9.17) is 0 Å². The van der Waals surface area contributed by atoms with Crippen molar-refractivity contribution in [2.45, 2.75) is 52.9 Å². The number of nitrogens with one attached hydrogen (secondary N) is 1. The van der Waals surface area contributed by atoms with Crippen molar-refractivity contribution >= 4 is 12.0 Å². The summed E-state index contributed by atoms with van der Waals surface area (Å²) in [5.41, 5.74) is -0.526. The number of urea groups is 1. The molecule has 2 fully saturated rings. The number of carbonyl (C=O) groups is 2. The van der Waals surface area contributed by atoms with Gasteiger partial charge in [-0.25, -0.2) is 4.79 Å². The van der Waals surface area contributed by atoms with Crippen LogP contribution >= 0.6 is 0 Å². The zero-order chi connectivity index (χ0) is 15.7. The van der Waals surface area contributed by atoms with Crippen LogP contribution in [0.1, 0.15) is 52.9 Å². The highest BCUT2D eigenvalue weighted by molar-refractivity contribution is 5.78. The molecule has 21 heavy (non-hydrogen) atoms. The maximum Gasteiger partial charge on any atom is 0.317 e. The Morgan fingerprint density at radius 2 is 1.90 bits per heavy atom. The van der Waals surface area contributed by atoms with E-state index in [1.807, 2.05) is 4.90 Å². The number of hydrogen-bond acceptors (Lipinski definition) is 2. The SMILES string of the molecule is CC(C)(C)C1CCN(C(=O)NCC2(C(=O)O)CCCC2)C1. The lowest BCUT2D eigenvalue weighted by Crippen LogP contribution is -2.46. The first-order valence-corrected chi connectivity index (χ1v) is 8.01. The second-order valence-electron chi connectivity index (χ2n) is 7.75. The molecule has 1 aliphatic carbocycles. The Bertz CT molecular complexity index is 408. The summed E-state index contributed by atoms with van der Waals surface area (Å²) < 4.78 is 0. The van der Waals surface area contributed by atoms with Crippen molar-refractivity contribution < 1.29 is 14.7 Å². The van der Waals surface area contributed by atoms with Crippen LogP contribution in [0.3, 0.4) is 0 Å². The lowest BCUT2D eigenvalue weighted by atomic mass is 9.80. The van der Waals surface area contributed by atoms with E-state index in [0.29, 0.717) is 18.8 Å². The molecule has 1 saturated heterocycles. The van der Waals surface area contributed by atoms with E-state index in [9.17, 15) is 14.7 Å². The molecule has 5 heteroatoms. The Morgan fingerprint density at radius 1 is 1.29 bits per heavy atom. The Labute approximate surface area is 127 Å². The average Bonchev–Trinajstić information content (AvgIpc) is 3.05. The second kappa shape index (κ2) is 5.85. The van der Waals surface area contributed by atoms with Gasteiger partial charge in [0, 0.05) is 19.6 Å².